The van der Waals surface area contributed by atoms with E-state index in [1.54, 1.807) is 6.92 Å². The van der Waals surface area contributed by atoms with Gasteiger partial charge in [-0.2, -0.15) is 0 Å². The van der Waals surface area contributed by atoms with Gasteiger partial charge < -0.3 is 4.74 Å². The molecule has 15 heavy (non-hydrogen) atoms. The molecule has 0 aliphatic carbocycles. The summed E-state index contributed by atoms with van der Waals surface area (Å²) >= 11 is 5.80. The molecule has 0 bridgehead atoms. The predicted molar refractivity (Wildman–Crippen MR) is 52.1 cm³/mol. The van der Waals surface area contributed by atoms with Crippen molar-refractivity contribution in [2.75, 3.05) is 12.4 Å². The molecular weight excluding hydrogens is 252 g/mol. The molecule has 0 aromatic heterocycles. The van der Waals surface area contributed by atoms with Crippen LogP contribution in [0.15, 0.2) is 0 Å². The number of thioether (sulfide) groups is 1. The van der Waals surface area contributed by atoms with Gasteiger partial charge in [0.1, 0.15) is 9.85 Å². The van der Waals surface area contributed by atoms with Crippen molar-refractivity contribution in [3.63, 3.8) is 0 Å². The average Bonchev–Trinajstić information content (AvgIpc) is 2.14. The lowest BCUT2D eigenvalue weighted by Crippen LogP contribution is -2.45. The smallest absolute Gasteiger partial charge is 0.440 e. The van der Waals surface area contributed by atoms with Crippen molar-refractivity contribution < 1.29 is 19.4 Å². The Morgan fingerprint density at radius 1 is 1.47 bits per heavy atom. The predicted octanol–water partition coefficient (Wildman–Crippen LogP) is 1.32. The van der Waals surface area contributed by atoms with Crippen molar-refractivity contribution >= 4 is 28.7 Å². The third-order valence-corrected chi connectivity index (χ3v) is 2.22. The van der Waals surface area contributed by atoms with E-state index in [9.17, 15) is 25.0 Å². The fourth-order valence-electron chi connectivity index (χ4n) is 0.482. The van der Waals surface area contributed by atoms with Crippen LogP contribution in [0.4, 0.5) is 4.79 Å². The van der Waals surface area contributed by atoms with E-state index in [2.05, 4.69) is 4.74 Å². The summed E-state index contributed by atoms with van der Waals surface area (Å²) < 4.78 is 4.28. The van der Waals surface area contributed by atoms with E-state index in [-0.39, 0.29) is 0 Å². The van der Waals surface area contributed by atoms with Gasteiger partial charge in [-0.25, -0.2) is 4.79 Å². The maximum absolute atomic E-state index is 10.8. The summed E-state index contributed by atoms with van der Waals surface area (Å²) in [6, 6.07) is 0. The van der Waals surface area contributed by atoms with E-state index in [0.717, 1.165) is 11.8 Å². The van der Waals surface area contributed by atoms with Crippen molar-refractivity contribution in [1.29, 1.82) is 0 Å². The minimum absolute atomic E-state index is 0.394. The minimum Gasteiger partial charge on any atom is -0.440 e. The summed E-state index contributed by atoms with van der Waals surface area (Å²) in [6.45, 7) is 0.543. The van der Waals surface area contributed by atoms with Crippen molar-refractivity contribution in [3.05, 3.63) is 20.2 Å². The monoisotopic (exact) mass is 258 g/mol. The first-order chi connectivity index (χ1) is 6.84. The molecule has 0 aromatic carbocycles. The fraction of sp³-hybridized carbons (Fsp3) is 0.800. The second-order valence-electron chi connectivity index (χ2n) is 2.20. The van der Waals surface area contributed by atoms with Gasteiger partial charge in [-0.1, -0.05) is 6.92 Å². The highest BCUT2D eigenvalue weighted by Gasteiger charge is 2.56. The van der Waals surface area contributed by atoms with Gasteiger partial charge >= 0.3 is 10.4 Å². The second-order valence-corrected chi connectivity index (χ2v) is 4.01. The van der Waals surface area contributed by atoms with Gasteiger partial charge in [0.25, 0.3) is 6.61 Å². The summed E-state index contributed by atoms with van der Waals surface area (Å²) in [5.41, 5.74) is 0. The lowest BCUT2D eigenvalue weighted by atomic mass is 10.5. The summed E-state index contributed by atoms with van der Waals surface area (Å²) in [4.78, 5) is 28.7. The molecule has 10 heteroatoms. The summed E-state index contributed by atoms with van der Waals surface area (Å²) in [6.07, 6.45) is 0. The van der Waals surface area contributed by atoms with E-state index in [1.807, 2.05) is 0 Å². The van der Waals surface area contributed by atoms with Crippen LogP contribution < -0.4 is 0 Å². The number of carbonyl (C=O) groups is 1. The molecule has 0 unspecified atom stereocenters. The molecule has 0 aliphatic heterocycles. The van der Waals surface area contributed by atoms with E-state index in [0.29, 0.717) is 5.75 Å². The van der Waals surface area contributed by atoms with E-state index < -0.39 is 26.9 Å². The Bertz CT molecular complexity index is 271. The zero-order valence-corrected chi connectivity index (χ0v) is 9.12. The number of alkyl halides is 1. The third-order valence-electron chi connectivity index (χ3n) is 1.20. The second kappa shape index (κ2) is 5.71. The van der Waals surface area contributed by atoms with E-state index >= 15 is 0 Å². The molecule has 0 heterocycles. The van der Waals surface area contributed by atoms with Crippen LogP contribution in [0.1, 0.15) is 6.92 Å². The summed E-state index contributed by atoms with van der Waals surface area (Å²) in [5.74, 6) is 0.394. The van der Waals surface area contributed by atoms with Gasteiger partial charge in [0, 0.05) is 5.75 Å². The van der Waals surface area contributed by atoms with E-state index in [1.165, 1.54) is 0 Å². The van der Waals surface area contributed by atoms with Gasteiger partial charge in [0.15, 0.2) is 0 Å². The number of ether oxygens (including phenoxy) is 1. The Kier molecular flexibility index (Phi) is 5.29. The Morgan fingerprint density at radius 2 is 1.93 bits per heavy atom. The lowest BCUT2D eigenvalue weighted by molar-refractivity contribution is -0.767. The molecule has 0 rings (SSSR count). The normalized spacial score (nSPS) is 10.8. The van der Waals surface area contributed by atoms with Crippen LogP contribution in [0.2, 0.25) is 0 Å². The highest BCUT2D eigenvalue weighted by Crippen LogP contribution is 2.18. The minimum atomic E-state index is -3.01. The largest absolute Gasteiger partial charge is 0.570 e. The van der Waals surface area contributed by atoms with Crippen LogP contribution in [0, 0.1) is 20.2 Å². The number of halogens is 1. The first-order valence-electron chi connectivity index (χ1n) is 3.62. The highest BCUT2D eigenvalue weighted by atomic mass is 35.5. The number of carbonyl (C=O) groups excluding carboxylic acids is 1. The first kappa shape index (κ1) is 13.9. The molecule has 0 spiro atoms. The van der Waals surface area contributed by atoms with Crippen LogP contribution in [-0.4, -0.2) is 32.6 Å². The van der Waals surface area contributed by atoms with Crippen LogP contribution in [-0.2, 0) is 4.74 Å². The van der Waals surface area contributed by atoms with Crippen molar-refractivity contribution in [3.8, 4) is 0 Å². The quantitative estimate of drug-likeness (QED) is 0.182. The Balaban J connectivity index is 4.39. The number of hydrogen-bond donors (Lipinski definition) is 0. The number of nitro groups is 2. The zero-order chi connectivity index (χ0) is 12.1. The molecule has 0 fully saturated rings. The molecule has 0 saturated carbocycles. The van der Waals surface area contributed by atoms with Gasteiger partial charge in [-0.3, -0.25) is 20.2 Å². The van der Waals surface area contributed by atoms with Gasteiger partial charge in [-0.05, 0) is 11.8 Å². The van der Waals surface area contributed by atoms with Crippen LogP contribution >= 0.6 is 23.4 Å². The third kappa shape index (κ3) is 3.88. The van der Waals surface area contributed by atoms with Gasteiger partial charge in [0.2, 0.25) is 0 Å². The molecule has 0 N–H and O–H groups in total. The molecule has 0 aromatic rings. The Labute approximate surface area is 93.2 Å². The molecule has 0 saturated heterocycles. The highest BCUT2D eigenvalue weighted by molar-refractivity contribution is 8.13. The summed E-state index contributed by atoms with van der Waals surface area (Å²) in [5, 5.41) is 16.7. The van der Waals surface area contributed by atoms with Crippen molar-refractivity contribution in [1.82, 2.24) is 0 Å². The first-order valence-corrected chi connectivity index (χ1v) is 4.98. The fourth-order valence-corrected chi connectivity index (χ4v) is 0.915. The molecule has 0 atom stereocenters. The number of hydrogen-bond acceptors (Lipinski definition) is 7. The molecule has 86 valence electrons. The van der Waals surface area contributed by atoms with Crippen LogP contribution in [0.3, 0.4) is 0 Å². The van der Waals surface area contributed by atoms with Crippen LogP contribution in [0.25, 0.3) is 0 Å². The Hall–Kier alpha value is -1.09. The number of rotatable bonds is 5. The van der Waals surface area contributed by atoms with E-state index in [4.69, 9.17) is 11.6 Å². The zero-order valence-electron chi connectivity index (χ0n) is 7.54. The maximum Gasteiger partial charge on any atom is 0.570 e. The lowest BCUT2D eigenvalue weighted by Gasteiger charge is -2.09. The SMILES string of the molecule is CCSC(=O)OCC(Cl)([N+](=O)[O-])[N+](=O)[O-]. The standard InChI is InChI=1S/C5H7ClN2O6S/c1-2-15-4(9)14-3-5(6,7(10)11)8(12)13/h2-3H2,1H3. The van der Waals surface area contributed by atoms with Gasteiger partial charge in [0.05, 0.1) is 11.6 Å². The van der Waals surface area contributed by atoms with Gasteiger partial charge in [-0.15, -0.1) is 0 Å². The molecular formula is C5H7ClN2O6S. The number of nitrogens with zero attached hydrogens (tertiary/aromatic N) is 2. The van der Waals surface area contributed by atoms with Crippen molar-refractivity contribution in [2.45, 2.75) is 12.0 Å². The maximum atomic E-state index is 10.8. The summed E-state index contributed by atoms with van der Waals surface area (Å²) in [7, 11) is 0. The molecule has 8 nitrogen and oxygen atoms in total. The Morgan fingerprint density at radius 3 is 2.27 bits per heavy atom. The topological polar surface area (TPSA) is 113 Å². The van der Waals surface area contributed by atoms with Crippen LogP contribution in [0.5, 0.6) is 0 Å². The average molecular weight is 259 g/mol. The molecule has 0 aliphatic rings. The molecule has 0 amide bonds. The molecule has 0 radical (unpaired) electrons. The van der Waals surface area contributed by atoms with Crippen molar-refractivity contribution in [2.24, 2.45) is 0 Å².